The first-order valence-electron chi connectivity index (χ1n) is 14.0. The number of fused-ring (bicyclic) bond motifs is 3. The summed E-state index contributed by atoms with van der Waals surface area (Å²) in [4.78, 5) is 28.2. The number of hydrogen-bond acceptors (Lipinski definition) is 5. The minimum absolute atomic E-state index is 0.0856. The highest BCUT2D eigenvalue weighted by Gasteiger charge is 2.47. The summed E-state index contributed by atoms with van der Waals surface area (Å²) >= 11 is 0. The first-order valence-corrected chi connectivity index (χ1v) is 14.0. The Bertz CT molecular complexity index is 1680. The molecule has 2 saturated carbocycles. The van der Waals surface area contributed by atoms with Gasteiger partial charge in [-0.15, -0.1) is 0 Å². The quantitative estimate of drug-likeness (QED) is 0.371. The Balaban J connectivity index is 1.28. The van der Waals surface area contributed by atoms with Crippen molar-refractivity contribution in [1.82, 2.24) is 19.6 Å². The number of halogens is 2. The molecule has 3 aliphatic rings. The number of carbonyl (C=O) groups is 1. The van der Waals surface area contributed by atoms with Crippen LogP contribution in [0.4, 0.5) is 20.2 Å². The van der Waals surface area contributed by atoms with E-state index in [0.29, 0.717) is 16.3 Å². The van der Waals surface area contributed by atoms with E-state index in [0.717, 1.165) is 73.1 Å². The van der Waals surface area contributed by atoms with E-state index < -0.39 is 28.8 Å². The average molecular weight is 545 g/mol. The summed E-state index contributed by atoms with van der Waals surface area (Å²) < 4.78 is 31.6. The molecule has 0 spiro atoms. The molecule has 1 atom stereocenters. The maximum Gasteiger partial charge on any atom is 0.276 e. The van der Waals surface area contributed by atoms with Gasteiger partial charge >= 0.3 is 0 Å². The Kier molecular flexibility index (Phi) is 5.76. The van der Waals surface area contributed by atoms with E-state index in [1.807, 2.05) is 12.1 Å². The molecule has 10 heteroatoms. The highest BCUT2D eigenvalue weighted by molar-refractivity contribution is 6.08. The molecule has 3 heterocycles. The van der Waals surface area contributed by atoms with Crippen molar-refractivity contribution in [2.75, 3.05) is 23.3 Å². The minimum Gasteiger partial charge on any atom is -0.369 e. The standard InChI is InChI=1S/C30H30F2N6O2/c1-18-11-14-36(16-18)27-20-17-37(30-12-9-19(15-30)10-13-30)34-23(20)5-6-24(27)33-29(40)25-7-8-26(39)38(35-25)28-21(31)3-2-4-22(28)32/h2-8,17-19H,9-16H2,1H3,(H,33,40)/t18-,19?,30?/m0/s1. The van der Waals surface area contributed by atoms with Gasteiger partial charge in [0.2, 0.25) is 0 Å². The zero-order valence-corrected chi connectivity index (χ0v) is 22.2. The molecule has 8 nitrogen and oxygen atoms in total. The second kappa shape index (κ2) is 9.25. The van der Waals surface area contributed by atoms with Crippen LogP contribution in [0.2, 0.25) is 0 Å². The number of rotatable bonds is 5. The molecule has 2 aromatic carbocycles. The molecule has 3 fully saturated rings. The lowest BCUT2D eigenvalue weighted by atomic mass is 9.94. The molecular weight excluding hydrogens is 514 g/mol. The van der Waals surface area contributed by atoms with E-state index in [1.165, 1.54) is 31.4 Å². The van der Waals surface area contributed by atoms with Crippen LogP contribution in [0.15, 0.2) is 53.5 Å². The fourth-order valence-electron chi connectivity index (χ4n) is 6.96. The number of carbonyl (C=O) groups excluding carboxylic acids is 1. The van der Waals surface area contributed by atoms with Crippen molar-refractivity contribution in [3.8, 4) is 5.69 Å². The fraction of sp³-hybridized carbons (Fsp3) is 0.400. The molecule has 1 N–H and O–H groups in total. The van der Waals surface area contributed by atoms with Crippen LogP contribution >= 0.6 is 0 Å². The third-order valence-corrected chi connectivity index (χ3v) is 9.02. The highest BCUT2D eigenvalue weighted by atomic mass is 19.1. The number of aromatic nitrogens is 4. The van der Waals surface area contributed by atoms with Gasteiger partial charge in [-0.2, -0.15) is 14.9 Å². The van der Waals surface area contributed by atoms with Crippen LogP contribution in [-0.4, -0.2) is 38.6 Å². The molecule has 4 aromatic rings. The third kappa shape index (κ3) is 4.00. The van der Waals surface area contributed by atoms with Crippen LogP contribution in [0.1, 0.15) is 55.9 Å². The zero-order chi connectivity index (χ0) is 27.6. The van der Waals surface area contributed by atoms with Gasteiger partial charge in [0.15, 0.2) is 11.6 Å². The summed E-state index contributed by atoms with van der Waals surface area (Å²) in [6.07, 6.45) is 9.16. The van der Waals surface area contributed by atoms with Crippen LogP contribution < -0.4 is 15.8 Å². The van der Waals surface area contributed by atoms with Gasteiger partial charge in [-0.3, -0.25) is 14.3 Å². The van der Waals surface area contributed by atoms with Crippen LogP contribution in [0.3, 0.4) is 0 Å². The van der Waals surface area contributed by atoms with Gasteiger partial charge < -0.3 is 10.2 Å². The molecule has 206 valence electrons. The molecule has 2 bridgehead atoms. The molecule has 1 saturated heterocycles. The van der Waals surface area contributed by atoms with E-state index in [9.17, 15) is 18.4 Å². The Labute approximate surface area is 229 Å². The highest BCUT2D eigenvalue weighted by Crippen LogP contribution is 2.53. The van der Waals surface area contributed by atoms with Gasteiger partial charge in [0, 0.05) is 30.7 Å². The number of nitrogens with zero attached hydrogens (tertiary/aromatic N) is 5. The third-order valence-electron chi connectivity index (χ3n) is 9.02. The van der Waals surface area contributed by atoms with Crippen LogP contribution in [0.5, 0.6) is 0 Å². The Morgan fingerprint density at radius 3 is 2.45 bits per heavy atom. The maximum atomic E-state index is 14.4. The van der Waals surface area contributed by atoms with E-state index in [2.05, 4.69) is 33.1 Å². The predicted octanol–water partition coefficient (Wildman–Crippen LogP) is 5.25. The molecule has 0 radical (unpaired) electrons. The van der Waals surface area contributed by atoms with E-state index >= 15 is 0 Å². The normalized spacial score (nSPS) is 23.8. The maximum absolute atomic E-state index is 14.4. The van der Waals surface area contributed by atoms with Crippen molar-refractivity contribution in [3.63, 3.8) is 0 Å². The summed E-state index contributed by atoms with van der Waals surface area (Å²) in [5, 5.41) is 13.0. The summed E-state index contributed by atoms with van der Waals surface area (Å²) in [5.74, 6) is -1.18. The molecule has 2 aliphatic carbocycles. The van der Waals surface area contributed by atoms with Gasteiger partial charge in [-0.25, -0.2) is 8.78 Å². The molecule has 1 aliphatic heterocycles. The summed E-state index contributed by atoms with van der Waals surface area (Å²) in [6.45, 7) is 3.93. The molecule has 40 heavy (non-hydrogen) atoms. The van der Waals surface area contributed by atoms with Gasteiger partial charge in [-0.05, 0) is 80.7 Å². The van der Waals surface area contributed by atoms with E-state index in [4.69, 9.17) is 5.10 Å². The fourth-order valence-corrected chi connectivity index (χ4v) is 6.96. The molecule has 2 aromatic heterocycles. The van der Waals surface area contributed by atoms with Crippen molar-refractivity contribution in [3.05, 3.63) is 76.3 Å². The molecule has 0 unspecified atom stereocenters. The van der Waals surface area contributed by atoms with Crippen LogP contribution in [0, 0.1) is 23.5 Å². The van der Waals surface area contributed by atoms with E-state index in [-0.39, 0.29) is 11.2 Å². The van der Waals surface area contributed by atoms with Crippen molar-refractivity contribution < 1.29 is 13.6 Å². The van der Waals surface area contributed by atoms with Gasteiger partial charge in [0.05, 0.1) is 22.4 Å². The number of nitrogens with one attached hydrogen (secondary N) is 1. The smallest absolute Gasteiger partial charge is 0.276 e. The molecule has 7 rings (SSSR count). The predicted molar refractivity (Wildman–Crippen MR) is 148 cm³/mol. The van der Waals surface area contributed by atoms with Crippen molar-refractivity contribution >= 4 is 28.2 Å². The lowest BCUT2D eigenvalue weighted by molar-refractivity contribution is 0.102. The van der Waals surface area contributed by atoms with Crippen LogP contribution in [-0.2, 0) is 5.54 Å². The Hall–Kier alpha value is -4.08. The van der Waals surface area contributed by atoms with Crippen molar-refractivity contribution in [1.29, 1.82) is 0 Å². The van der Waals surface area contributed by atoms with Gasteiger partial charge in [0.25, 0.3) is 11.5 Å². The first kappa shape index (κ1) is 24.9. The average Bonchev–Trinajstić information content (AvgIpc) is 3.73. The number of hydrogen-bond donors (Lipinski definition) is 1. The minimum atomic E-state index is -0.949. The lowest BCUT2D eigenvalue weighted by Crippen LogP contribution is -2.28. The molecular formula is C30H30F2N6O2. The second-order valence-corrected chi connectivity index (χ2v) is 11.7. The summed E-state index contributed by atoms with van der Waals surface area (Å²) in [5.41, 5.74) is 0.988. The summed E-state index contributed by atoms with van der Waals surface area (Å²) in [7, 11) is 0. The largest absolute Gasteiger partial charge is 0.369 e. The summed E-state index contributed by atoms with van der Waals surface area (Å²) in [6, 6.07) is 9.39. The Morgan fingerprint density at radius 2 is 1.77 bits per heavy atom. The second-order valence-electron chi connectivity index (χ2n) is 11.7. The SMILES string of the molecule is C[C@H]1CCN(c2c(NC(=O)c3ccc(=O)n(-c4c(F)cccc4F)n3)ccc3nn(C45CCC(CC4)C5)cc23)C1. The van der Waals surface area contributed by atoms with E-state index in [1.54, 1.807) is 0 Å². The monoisotopic (exact) mass is 544 g/mol. The number of amides is 1. The van der Waals surface area contributed by atoms with Crippen LogP contribution in [0.25, 0.3) is 16.6 Å². The van der Waals surface area contributed by atoms with Crippen molar-refractivity contribution in [2.45, 2.75) is 51.0 Å². The number of anilines is 2. The van der Waals surface area contributed by atoms with Gasteiger partial charge in [-0.1, -0.05) is 13.0 Å². The van der Waals surface area contributed by atoms with Gasteiger partial charge in [0.1, 0.15) is 11.4 Å². The molecule has 1 amide bonds. The number of benzene rings is 2. The number of para-hydroxylation sites is 1. The lowest BCUT2D eigenvalue weighted by Gasteiger charge is -2.27. The van der Waals surface area contributed by atoms with Crippen molar-refractivity contribution in [2.24, 2.45) is 11.8 Å². The Morgan fingerprint density at radius 1 is 1.00 bits per heavy atom. The topological polar surface area (TPSA) is 85.1 Å². The zero-order valence-electron chi connectivity index (χ0n) is 22.2. The first-order chi connectivity index (χ1) is 19.3.